The molecule has 0 aromatic rings. The zero-order valence-corrected chi connectivity index (χ0v) is 8.75. The highest BCUT2D eigenvalue weighted by Gasteiger charge is 1.98. The Bertz CT molecular complexity index is 216. The minimum Gasteiger partial charge on any atom is -0.399 e. The van der Waals surface area contributed by atoms with E-state index < -0.39 is 0 Å². The van der Waals surface area contributed by atoms with Crippen LogP contribution < -0.4 is 5.73 Å². The van der Waals surface area contributed by atoms with Crippen LogP contribution >= 0.6 is 0 Å². The summed E-state index contributed by atoms with van der Waals surface area (Å²) in [5.74, 6) is 0. The molecule has 13 heavy (non-hydrogen) atoms. The second kappa shape index (κ2) is 5.43. The molecule has 0 saturated heterocycles. The molecule has 2 N–H and O–H groups in total. The minimum atomic E-state index is 0.541. The fraction of sp³-hybridized carbons (Fsp3) is 0.400. The van der Waals surface area contributed by atoms with Crippen molar-refractivity contribution in [1.29, 1.82) is 0 Å². The maximum atomic E-state index is 5.39. The van der Waals surface area contributed by atoms with Crippen LogP contribution in [0.2, 0.25) is 0 Å². The number of nitrogens with zero attached hydrogens (tertiary/aromatic N) is 2. The fourth-order valence-corrected chi connectivity index (χ4v) is 0.846. The van der Waals surface area contributed by atoms with Gasteiger partial charge in [-0.2, -0.15) is 0 Å². The van der Waals surface area contributed by atoms with Crippen molar-refractivity contribution >= 4 is 0 Å². The molecule has 0 fully saturated rings. The van der Waals surface area contributed by atoms with Gasteiger partial charge in [0.2, 0.25) is 0 Å². The van der Waals surface area contributed by atoms with E-state index in [0.29, 0.717) is 5.70 Å². The van der Waals surface area contributed by atoms with Crippen molar-refractivity contribution in [2.45, 2.75) is 0 Å². The van der Waals surface area contributed by atoms with Gasteiger partial charge in [0, 0.05) is 18.4 Å². The van der Waals surface area contributed by atoms with E-state index in [-0.39, 0.29) is 0 Å². The van der Waals surface area contributed by atoms with Crippen molar-refractivity contribution in [2.24, 2.45) is 5.73 Å². The average Bonchev–Trinajstić information content (AvgIpc) is 1.98. The molecule has 0 unspecified atom stereocenters. The SMILES string of the molecule is C=C(N)/C=C\C(=C)N(C)CN(C)C. The number of nitrogens with two attached hydrogens (primary N) is 1. The van der Waals surface area contributed by atoms with Crippen LogP contribution in [0.25, 0.3) is 0 Å². The summed E-state index contributed by atoms with van der Waals surface area (Å²) < 4.78 is 0. The highest BCUT2D eigenvalue weighted by Crippen LogP contribution is 2.01. The minimum absolute atomic E-state index is 0.541. The molecule has 0 aromatic heterocycles. The first-order chi connectivity index (χ1) is 5.93. The van der Waals surface area contributed by atoms with Gasteiger partial charge < -0.3 is 10.6 Å². The molecule has 74 valence electrons. The van der Waals surface area contributed by atoms with Gasteiger partial charge in [-0.1, -0.05) is 13.2 Å². The molecular weight excluding hydrogens is 162 g/mol. The molecule has 0 amide bonds. The second-order valence-electron chi connectivity index (χ2n) is 3.32. The van der Waals surface area contributed by atoms with E-state index in [1.165, 1.54) is 0 Å². The predicted octanol–water partition coefficient (Wildman–Crippen LogP) is 0.980. The van der Waals surface area contributed by atoms with Crippen molar-refractivity contribution in [3.8, 4) is 0 Å². The Morgan fingerprint density at radius 2 is 1.77 bits per heavy atom. The van der Waals surface area contributed by atoms with Gasteiger partial charge in [0.25, 0.3) is 0 Å². The molecule has 0 aromatic carbocycles. The van der Waals surface area contributed by atoms with E-state index in [0.717, 1.165) is 12.4 Å². The lowest BCUT2D eigenvalue weighted by molar-refractivity contribution is 0.258. The quantitative estimate of drug-likeness (QED) is 0.507. The van der Waals surface area contributed by atoms with Crippen molar-refractivity contribution in [2.75, 3.05) is 27.8 Å². The summed E-state index contributed by atoms with van der Waals surface area (Å²) >= 11 is 0. The first kappa shape index (κ1) is 11.8. The van der Waals surface area contributed by atoms with Crippen LogP contribution in [-0.2, 0) is 0 Å². The van der Waals surface area contributed by atoms with Crippen LogP contribution in [-0.4, -0.2) is 37.6 Å². The van der Waals surface area contributed by atoms with Crippen LogP contribution in [0.5, 0.6) is 0 Å². The van der Waals surface area contributed by atoms with Gasteiger partial charge in [-0.15, -0.1) is 0 Å². The molecule has 3 nitrogen and oxygen atoms in total. The maximum absolute atomic E-state index is 5.39. The summed E-state index contributed by atoms with van der Waals surface area (Å²) in [5, 5.41) is 0. The third-order valence-corrected chi connectivity index (χ3v) is 1.48. The Morgan fingerprint density at radius 3 is 2.15 bits per heavy atom. The van der Waals surface area contributed by atoms with Crippen LogP contribution in [0, 0.1) is 0 Å². The molecule has 0 aliphatic heterocycles. The van der Waals surface area contributed by atoms with Crippen LogP contribution in [0.4, 0.5) is 0 Å². The summed E-state index contributed by atoms with van der Waals surface area (Å²) in [6.45, 7) is 8.30. The summed E-state index contributed by atoms with van der Waals surface area (Å²) in [4.78, 5) is 4.09. The van der Waals surface area contributed by atoms with Gasteiger partial charge in [0.1, 0.15) is 0 Å². The highest BCUT2D eigenvalue weighted by molar-refractivity contribution is 5.21. The lowest BCUT2D eigenvalue weighted by Gasteiger charge is -2.23. The van der Waals surface area contributed by atoms with Crippen molar-refractivity contribution in [1.82, 2.24) is 9.80 Å². The molecule has 3 heteroatoms. The third kappa shape index (κ3) is 5.99. The van der Waals surface area contributed by atoms with Crippen LogP contribution in [0.15, 0.2) is 36.7 Å². The average molecular weight is 181 g/mol. The topological polar surface area (TPSA) is 32.5 Å². The molecular formula is C10H19N3. The van der Waals surface area contributed by atoms with E-state index in [2.05, 4.69) is 18.1 Å². The molecule has 0 rings (SSSR count). The van der Waals surface area contributed by atoms with Crippen molar-refractivity contribution in [3.05, 3.63) is 36.7 Å². The number of allylic oxidation sites excluding steroid dienone is 2. The first-order valence-corrected chi connectivity index (χ1v) is 4.10. The van der Waals surface area contributed by atoms with Gasteiger partial charge in [-0.05, 0) is 26.2 Å². The second-order valence-corrected chi connectivity index (χ2v) is 3.32. The molecule has 0 spiro atoms. The smallest absolute Gasteiger partial charge is 0.0698 e. The molecule has 0 radical (unpaired) electrons. The van der Waals surface area contributed by atoms with E-state index in [1.807, 2.05) is 32.1 Å². The molecule has 0 aliphatic carbocycles. The van der Waals surface area contributed by atoms with Gasteiger partial charge in [-0.25, -0.2) is 0 Å². The number of rotatable bonds is 5. The van der Waals surface area contributed by atoms with Gasteiger partial charge in [0.15, 0.2) is 0 Å². The lowest BCUT2D eigenvalue weighted by atomic mass is 10.3. The first-order valence-electron chi connectivity index (χ1n) is 4.10. The Hall–Kier alpha value is -1.22. The standard InChI is InChI=1S/C10H19N3/c1-9(11)6-7-10(2)13(5)8-12(3)4/h6-7H,1-2,8,11H2,3-5H3/b7-6-. The molecule has 0 bridgehead atoms. The molecule has 0 atom stereocenters. The van der Waals surface area contributed by atoms with E-state index in [1.54, 1.807) is 6.08 Å². The predicted molar refractivity (Wildman–Crippen MR) is 57.9 cm³/mol. The largest absolute Gasteiger partial charge is 0.399 e. The molecule has 0 heterocycles. The van der Waals surface area contributed by atoms with E-state index >= 15 is 0 Å². The van der Waals surface area contributed by atoms with Crippen LogP contribution in [0.1, 0.15) is 0 Å². The molecule has 0 aliphatic rings. The Morgan fingerprint density at radius 1 is 1.23 bits per heavy atom. The highest BCUT2D eigenvalue weighted by atomic mass is 15.3. The normalized spacial score (nSPS) is 10.8. The van der Waals surface area contributed by atoms with E-state index in [9.17, 15) is 0 Å². The van der Waals surface area contributed by atoms with Crippen LogP contribution in [0.3, 0.4) is 0 Å². The fourth-order valence-electron chi connectivity index (χ4n) is 0.846. The van der Waals surface area contributed by atoms with Crippen molar-refractivity contribution < 1.29 is 0 Å². The van der Waals surface area contributed by atoms with Gasteiger partial charge in [0.05, 0.1) is 6.67 Å². The Labute approximate surface area is 80.8 Å². The molecule has 0 saturated carbocycles. The number of hydrogen-bond acceptors (Lipinski definition) is 3. The Kier molecular flexibility index (Phi) is 4.92. The summed E-state index contributed by atoms with van der Waals surface area (Å²) in [6.07, 6.45) is 3.60. The van der Waals surface area contributed by atoms with E-state index in [4.69, 9.17) is 5.73 Å². The summed E-state index contributed by atoms with van der Waals surface area (Å²) in [5.41, 5.74) is 6.85. The maximum Gasteiger partial charge on any atom is 0.0698 e. The summed E-state index contributed by atoms with van der Waals surface area (Å²) in [6, 6.07) is 0. The number of likely N-dealkylation sites (N-methyl/N-ethyl adjacent to an activating group) is 1. The zero-order valence-electron chi connectivity index (χ0n) is 8.75. The van der Waals surface area contributed by atoms with Gasteiger partial charge >= 0.3 is 0 Å². The lowest BCUT2D eigenvalue weighted by Crippen LogP contribution is -2.28. The Balaban J connectivity index is 4.03. The van der Waals surface area contributed by atoms with Gasteiger partial charge in [-0.3, -0.25) is 4.90 Å². The summed E-state index contributed by atoms with van der Waals surface area (Å²) in [7, 11) is 6.00. The number of hydrogen-bond donors (Lipinski definition) is 1. The van der Waals surface area contributed by atoms with Crippen molar-refractivity contribution in [3.63, 3.8) is 0 Å². The third-order valence-electron chi connectivity index (χ3n) is 1.48. The zero-order chi connectivity index (χ0) is 10.4. The monoisotopic (exact) mass is 181 g/mol.